The number of nitrogens with zero attached hydrogens (tertiary/aromatic N) is 3. The van der Waals surface area contributed by atoms with E-state index in [0.29, 0.717) is 11.4 Å². The number of hydrogen-bond acceptors (Lipinski definition) is 8. The second-order valence-electron chi connectivity index (χ2n) is 11.2. The maximum atomic E-state index is 13.4. The van der Waals surface area contributed by atoms with Crippen LogP contribution in [0.3, 0.4) is 0 Å². The van der Waals surface area contributed by atoms with Crippen LogP contribution >= 0.6 is 11.3 Å². The Morgan fingerprint density at radius 2 is 1.72 bits per heavy atom. The van der Waals surface area contributed by atoms with Crippen LogP contribution in [0.15, 0.2) is 70.7 Å². The minimum atomic E-state index is -4.59. The molecule has 4 bridgehead atoms. The highest BCUT2D eigenvalue weighted by Crippen LogP contribution is 2.30. The molecule has 0 aliphatic carbocycles. The number of fused-ring (bicyclic) bond motifs is 4. The third-order valence-corrected chi connectivity index (χ3v) is 8.32. The Morgan fingerprint density at radius 3 is 2.40 bits per heavy atom. The van der Waals surface area contributed by atoms with Crippen LogP contribution < -0.4 is 16.0 Å². The first-order valence-corrected chi connectivity index (χ1v) is 15.6. The van der Waals surface area contributed by atoms with Gasteiger partial charge in [0.25, 0.3) is 17.7 Å². The summed E-state index contributed by atoms with van der Waals surface area (Å²) in [6.45, 7) is 2.98. The maximum absolute atomic E-state index is 13.4. The monoisotopic (exact) mass is 668 g/mol. The molecule has 2 atom stereocenters. The van der Waals surface area contributed by atoms with Crippen LogP contribution in [0.25, 0.3) is 0 Å². The van der Waals surface area contributed by atoms with Gasteiger partial charge in [0.15, 0.2) is 5.69 Å². The van der Waals surface area contributed by atoms with Crippen LogP contribution in [0.5, 0.6) is 0 Å². The summed E-state index contributed by atoms with van der Waals surface area (Å²) in [5, 5.41) is 10.4. The molecule has 0 radical (unpaired) electrons. The summed E-state index contributed by atoms with van der Waals surface area (Å²) in [6.07, 6.45) is -3.14. The van der Waals surface area contributed by atoms with Crippen molar-refractivity contribution in [3.8, 4) is 0 Å². The molecule has 1 aliphatic rings. The Hall–Kier alpha value is -5.05. The molecule has 0 saturated carbocycles. The fourth-order valence-corrected chi connectivity index (χ4v) is 5.93. The van der Waals surface area contributed by atoms with Gasteiger partial charge < -0.3 is 25.3 Å². The SMILES string of the molecule is CC(C)[C@@H]1NC(=O)CN(C(=O)c2ccc(C(F)(F)F)cc2)CCNC(=O)c2coc(n2)[C@H](Cc2ccccc2)NC(=O)c2csc1n2. The minimum absolute atomic E-state index is 0.0687. The number of rotatable bonds is 4. The third kappa shape index (κ3) is 8.22. The zero-order valence-corrected chi connectivity index (χ0v) is 26.2. The van der Waals surface area contributed by atoms with Gasteiger partial charge in [-0.1, -0.05) is 44.2 Å². The number of hydrogen-bond donors (Lipinski definition) is 3. The number of carbonyl (C=O) groups is 4. The molecule has 47 heavy (non-hydrogen) atoms. The summed E-state index contributed by atoms with van der Waals surface area (Å²) in [7, 11) is 0. The van der Waals surface area contributed by atoms with Crippen LogP contribution in [0, 0.1) is 5.92 Å². The average Bonchev–Trinajstić information content (AvgIpc) is 3.73. The van der Waals surface area contributed by atoms with E-state index < -0.39 is 54.0 Å². The number of nitrogens with one attached hydrogen (secondary N) is 3. The Bertz CT molecular complexity index is 1740. The van der Waals surface area contributed by atoms with Crippen molar-refractivity contribution in [3.63, 3.8) is 0 Å². The van der Waals surface area contributed by atoms with Crippen LogP contribution in [-0.2, 0) is 17.4 Å². The van der Waals surface area contributed by atoms with Gasteiger partial charge in [-0.05, 0) is 35.7 Å². The second-order valence-corrected chi connectivity index (χ2v) is 12.1. The molecule has 0 spiro atoms. The van der Waals surface area contributed by atoms with Crippen molar-refractivity contribution < 1.29 is 36.8 Å². The Labute approximate surface area is 271 Å². The number of benzene rings is 2. The lowest BCUT2D eigenvalue weighted by Gasteiger charge is -2.25. The van der Waals surface area contributed by atoms with Crippen molar-refractivity contribution in [2.75, 3.05) is 19.6 Å². The number of aromatic nitrogens is 2. The highest BCUT2D eigenvalue weighted by Gasteiger charge is 2.31. The van der Waals surface area contributed by atoms with E-state index in [-0.39, 0.29) is 41.8 Å². The van der Waals surface area contributed by atoms with Gasteiger partial charge in [0, 0.05) is 30.5 Å². The van der Waals surface area contributed by atoms with E-state index in [1.165, 1.54) is 11.3 Å². The van der Waals surface area contributed by atoms with E-state index in [4.69, 9.17) is 4.42 Å². The van der Waals surface area contributed by atoms with Crippen molar-refractivity contribution in [2.24, 2.45) is 5.92 Å². The second kappa shape index (κ2) is 14.2. The number of carbonyl (C=O) groups excluding carboxylic acids is 4. The van der Waals surface area contributed by atoms with E-state index in [1.807, 2.05) is 44.2 Å². The van der Waals surface area contributed by atoms with Gasteiger partial charge in [-0.25, -0.2) is 9.97 Å². The lowest BCUT2D eigenvalue weighted by Crippen LogP contribution is -2.45. The van der Waals surface area contributed by atoms with Gasteiger partial charge in [0.1, 0.15) is 23.0 Å². The highest BCUT2D eigenvalue weighted by atomic mass is 32.1. The van der Waals surface area contributed by atoms with Gasteiger partial charge in [0.2, 0.25) is 11.8 Å². The van der Waals surface area contributed by atoms with Crippen molar-refractivity contribution in [1.29, 1.82) is 0 Å². The van der Waals surface area contributed by atoms with Crippen molar-refractivity contribution in [3.05, 3.63) is 105 Å². The molecule has 11 nitrogen and oxygen atoms in total. The Balaban J connectivity index is 1.45. The molecule has 3 heterocycles. The van der Waals surface area contributed by atoms with Gasteiger partial charge in [-0.2, -0.15) is 13.2 Å². The van der Waals surface area contributed by atoms with Crippen LogP contribution in [-0.4, -0.2) is 58.1 Å². The van der Waals surface area contributed by atoms with Gasteiger partial charge >= 0.3 is 6.18 Å². The molecule has 0 unspecified atom stereocenters. The first-order valence-electron chi connectivity index (χ1n) is 14.7. The van der Waals surface area contributed by atoms with E-state index in [0.717, 1.165) is 41.0 Å². The Morgan fingerprint density at radius 1 is 1.00 bits per heavy atom. The number of amides is 4. The predicted molar refractivity (Wildman–Crippen MR) is 164 cm³/mol. The number of halogens is 3. The summed E-state index contributed by atoms with van der Waals surface area (Å²) in [5.41, 5.74) is -0.0902. The summed E-state index contributed by atoms with van der Waals surface area (Å²) >= 11 is 1.18. The van der Waals surface area contributed by atoms with Crippen LogP contribution in [0.4, 0.5) is 13.2 Å². The molecule has 1 aliphatic heterocycles. The quantitative estimate of drug-likeness (QED) is 0.289. The molecule has 4 amide bonds. The average molecular weight is 669 g/mol. The number of oxazole rings is 1. The maximum Gasteiger partial charge on any atom is 0.416 e. The molecular formula is C32H31F3N6O5S. The zero-order valence-electron chi connectivity index (χ0n) is 25.3. The van der Waals surface area contributed by atoms with E-state index in [1.54, 1.807) is 5.38 Å². The lowest BCUT2D eigenvalue weighted by atomic mass is 10.0. The predicted octanol–water partition coefficient (Wildman–Crippen LogP) is 4.56. The minimum Gasteiger partial charge on any atom is -0.446 e. The summed E-state index contributed by atoms with van der Waals surface area (Å²) in [5.74, 6) is -2.50. The zero-order chi connectivity index (χ0) is 33.7. The highest BCUT2D eigenvalue weighted by molar-refractivity contribution is 7.09. The molecule has 15 heteroatoms. The van der Waals surface area contributed by atoms with Gasteiger partial charge in [-0.15, -0.1) is 11.3 Å². The van der Waals surface area contributed by atoms with E-state index >= 15 is 0 Å². The first-order chi connectivity index (χ1) is 22.4. The smallest absolute Gasteiger partial charge is 0.416 e. The topological polar surface area (TPSA) is 147 Å². The molecule has 5 rings (SSSR count). The third-order valence-electron chi connectivity index (χ3n) is 7.39. The lowest BCUT2D eigenvalue weighted by molar-refractivity contribution is -0.137. The van der Waals surface area contributed by atoms with Crippen molar-refractivity contribution in [2.45, 2.75) is 38.5 Å². The van der Waals surface area contributed by atoms with Gasteiger partial charge in [0.05, 0.1) is 18.2 Å². The molecule has 0 fully saturated rings. The number of thiazole rings is 1. The van der Waals surface area contributed by atoms with Crippen molar-refractivity contribution in [1.82, 2.24) is 30.8 Å². The largest absolute Gasteiger partial charge is 0.446 e. The van der Waals surface area contributed by atoms with Gasteiger partial charge in [-0.3, -0.25) is 19.2 Å². The van der Waals surface area contributed by atoms with Crippen molar-refractivity contribution >= 4 is 35.0 Å². The van der Waals surface area contributed by atoms with E-state index in [9.17, 15) is 32.3 Å². The Kier molecular flexibility index (Phi) is 10.0. The first kappa shape index (κ1) is 33.3. The molecule has 246 valence electrons. The standard InChI is InChI=1S/C32H31F3N6O5S/c1-18(2)26-30-39-24(17-47-30)28(44)37-22(14-19-6-4-3-5-7-19)29-38-23(16-46-29)27(43)36-12-13-41(15-25(42)40-26)31(45)20-8-10-21(11-9-20)32(33,34)35/h3-11,16-18,22,26H,12-15H2,1-2H3,(H,36,43)(H,37,44)(H,40,42)/t22-,26-/m0/s1. The van der Waals surface area contributed by atoms with Crippen LogP contribution in [0.1, 0.15) is 79.3 Å². The molecule has 0 saturated heterocycles. The summed E-state index contributed by atoms with van der Waals surface area (Å²) < 4.78 is 44.9. The summed E-state index contributed by atoms with van der Waals surface area (Å²) in [6, 6.07) is 11.6. The fourth-order valence-electron chi connectivity index (χ4n) is 4.91. The van der Waals surface area contributed by atoms with E-state index in [2.05, 4.69) is 25.9 Å². The fraction of sp³-hybridized carbons (Fsp3) is 0.312. The molecule has 2 aromatic heterocycles. The molecule has 3 N–H and O–H groups in total. The summed E-state index contributed by atoms with van der Waals surface area (Å²) in [4.78, 5) is 63.0. The number of alkyl halides is 3. The molecule has 2 aromatic carbocycles. The molecule has 4 aromatic rings. The van der Waals surface area contributed by atoms with Crippen LogP contribution in [0.2, 0.25) is 0 Å². The normalized spacial score (nSPS) is 18.2. The molecular weight excluding hydrogens is 637 g/mol.